The molecule has 2 N–H and O–H groups in total. The number of likely N-dealkylation sites (N-methyl/N-ethyl adjacent to an activating group) is 2. The molecule has 1 aliphatic heterocycles. The summed E-state index contributed by atoms with van der Waals surface area (Å²) >= 11 is 0. The van der Waals surface area contributed by atoms with Crippen molar-refractivity contribution in [2.75, 3.05) is 52.4 Å². The molecule has 1 rings (SSSR count). The molecular weight excluding hydrogens is 214 g/mol. The highest BCUT2D eigenvalue weighted by Gasteiger charge is 2.24. The van der Waals surface area contributed by atoms with Crippen LogP contribution in [-0.4, -0.2) is 72.9 Å². The molecule has 1 unspecified atom stereocenters. The zero-order chi connectivity index (χ0) is 12.7. The monoisotopic (exact) mass is 243 g/mol. The fourth-order valence-corrected chi connectivity index (χ4v) is 2.38. The molecular formula is C13H29N3O. The van der Waals surface area contributed by atoms with E-state index in [-0.39, 0.29) is 12.1 Å². The molecule has 4 nitrogen and oxygen atoms in total. The van der Waals surface area contributed by atoms with Crippen molar-refractivity contribution >= 4 is 0 Å². The zero-order valence-corrected chi connectivity index (χ0v) is 11.7. The van der Waals surface area contributed by atoms with Crippen LogP contribution in [0, 0.1) is 0 Å². The number of hydrogen-bond donors (Lipinski definition) is 2. The molecule has 0 aromatic rings. The molecule has 0 aromatic heterocycles. The maximum atomic E-state index is 9.44. The number of nitrogens with one attached hydrogen (secondary N) is 1. The Morgan fingerprint density at radius 2 is 1.71 bits per heavy atom. The Morgan fingerprint density at radius 3 is 2.18 bits per heavy atom. The first kappa shape index (κ1) is 14.9. The highest BCUT2D eigenvalue weighted by molar-refractivity contribution is 4.84. The van der Waals surface area contributed by atoms with E-state index in [1.54, 1.807) is 0 Å². The van der Waals surface area contributed by atoms with Crippen LogP contribution >= 0.6 is 0 Å². The summed E-state index contributed by atoms with van der Waals surface area (Å²) in [6.45, 7) is 14.5. The van der Waals surface area contributed by atoms with Gasteiger partial charge >= 0.3 is 0 Å². The van der Waals surface area contributed by atoms with Gasteiger partial charge in [0.1, 0.15) is 0 Å². The van der Waals surface area contributed by atoms with Gasteiger partial charge in [0.25, 0.3) is 0 Å². The minimum absolute atomic E-state index is 0.114. The Hall–Kier alpha value is -0.160. The minimum atomic E-state index is -0.114. The van der Waals surface area contributed by atoms with E-state index < -0.39 is 0 Å². The first-order valence-electron chi connectivity index (χ1n) is 6.94. The molecule has 1 aliphatic rings. The van der Waals surface area contributed by atoms with Gasteiger partial charge in [-0.1, -0.05) is 13.8 Å². The average molecular weight is 243 g/mol. The Kier molecular flexibility index (Phi) is 6.41. The Morgan fingerprint density at radius 1 is 1.12 bits per heavy atom. The minimum Gasteiger partial charge on any atom is -0.394 e. The molecule has 1 atom stereocenters. The summed E-state index contributed by atoms with van der Waals surface area (Å²) < 4.78 is 0. The van der Waals surface area contributed by atoms with Crippen molar-refractivity contribution < 1.29 is 5.11 Å². The van der Waals surface area contributed by atoms with Gasteiger partial charge in [-0.3, -0.25) is 0 Å². The van der Waals surface area contributed by atoms with Gasteiger partial charge in [-0.05, 0) is 26.4 Å². The molecule has 1 heterocycles. The van der Waals surface area contributed by atoms with Gasteiger partial charge in [0.05, 0.1) is 6.61 Å². The van der Waals surface area contributed by atoms with Gasteiger partial charge in [0, 0.05) is 38.3 Å². The van der Waals surface area contributed by atoms with E-state index >= 15 is 0 Å². The Labute approximate surface area is 106 Å². The van der Waals surface area contributed by atoms with Gasteiger partial charge < -0.3 is 20.2 Å². The van der Waals surface area contributed by atoms with E-state index in [1.807, 2.05) is 0 Å². The van der Waals surface area contributed by atoms with Gasteiger partial charge in [-0.2, -0.15) is 0 Å². The number of piperazine rings is 1. The number of nitrogens with zero attached hydrogens (tertiary/aromatic N) is 2. The van der Waals surface area contributed by atoms with Gasteiger partial charge in [0.2, 0.25) is 0 Å². The number of aliphatic hydroxyl groups is 1. The molecule has 1 fully saturated rings. The van der Waals surface area contributed by atoms with Crippen LogP contribution in [0.25, 0.3) is 0 Å². The second-order valence-electron chi connectivity index (χ2n) is 5.28. The van der Waals surface area contributed by atoms with E-state index in [2.05, 4.69) is 35.9 Å². The molecule has 0 aromatic carbocycles. The lowest BCUT2D eigenvalue weighted by Crippen LogP contribution is -2.51. The summed E-state index contributed by atoms with van der Waals surface area (Å²) in [6, 6.07) is 0. The SMILES string of the molecule is CCNC(C)(CO)CCN1CCN(CC)CC1. The van der Waals surface area contributed by atoms with Crippen molar-refractivity contribution in [3.05, 3.63) is 0 Å². The highest BCUT2D eigenvalue weighted by atomic mass is 16.3. The predicted octanol–water partition coefficient (Wildman–Crippen LogP) is 0.375. The maximum absolute atomic E-state index is 9.44. The lowest BCUT2D eigenvalue weighted by molar-refractivity contribution is 0.109. The molecule has 0 amide bonds. The van der Waals surface area contributed by atoms with E-state index in [1.165, 1.54) is 32.7 Å². The topological polar surface area (TPSA) is 38.7 Å². The molecule has 102 valence electrons. The van der Waals surface area contributed by atoms with Crippen LogP contribution in [0.2, 0.25) is 0 Å². The van der Waals surface area contributed by atoms with Crippen molar-refractivity contribution in [1.82, 2.24) is 15.1 Å². The van der Waals surface area contributed by atoms with E-state index in [0.29, 0.717) is 0 Å². The zero-order valence-electron chi connectivity index (χ0n) is 11.7. The number of aliphatic hydroxyl groups excluding tert-OH is 1. The fraction of sp³-hybridized carbons (Fsp3) is 1.00. The Bertz CT molecular complexity index is 205. The Balaban J connectivity index is 2.26. The smallest absolute Gasteiger partial charge is 0.0611 e. The van der Waals surface area contributed by atoms with Crippen LogP contribution in [0.3, 0.4) is 0 Å². The third kappa shape index (κ3) is 4.92. The average Bonchev–Trinajstić information content (AvgIpc) is 2.37. The molecule has 0 radical (unpaired) electrons. The van der Waals surface area contributed by atoms with Crippen molar-refractivity contribution in [1.29, 1.82) is 0 Å². The maximum Gasteiger partial charge on any atom is 0.0611 e. The first-order valence-corrected chi connectivity index (χ1v) is 6.94. The van der Waals surface area contributed by atoms with Crippen LogP contribution in [0.15, 0.2) is 0 Å². The molecule has 0 bridgehead atoms. The van der Waals surface area contributed by atoms with E-state index in [0.717, 1.165) is 19.5 Å². The second-order valence-corrected chi connectivity index (χ2v) is 5.28. The number of hydrogen-bond acceptors (Lipinski definition) is 4. The van der Waals surface area contributed by atoms with Crippen LogP contribution < -0.4 is 5.32 Å². The second kappa shape index (κ2) is 7.31. The lowest BCUT2D eigenvalue weighted by Gasteiger charge is -2.36. The van der Waals surface area contributed by atoms with Crippen molar-refractivity contribution in [3.63, 3.8) is 0 Å². The van der Waals surface area contributed by atoms with E-state index in [9.17, 15) is 5.11 Å². The molecule has 17 heavy (non-hydrogen) atoms. The quantitative estimate of drug-likeness (QED) is 0.678. The fourth-order valence-electron chi connectivity index (χ4n) is 2.38. The standard InChI is InChI=1S/C13H29N3O/c1-4-14-13(3,12-17)6-7-16-10-8-15(5-2)9-11-16/h14,17H,4-12H2,1-3H3. The van der Waals surface area contributed by atoms with Gasteiger partial charge in [-0.15, -0.1) is 0 Å². The molecule has 0 saturated carbocycles. The lowest BCUT2D eigenvalue weighted by atomic mass is 9.98. The van der Waals surface area contributed by atoms with E-state index in [4.69, 9.17) is 0 Å². The van der Waals surface area contributed by atoms with Gasteiger partial charge in [0.15, 0.2) is 0 Å². The van der Waals surface area contributed by atoms with Crippen molar-refractivity contribution in [3.8, 4) is 0 Å². The van der Waals surface area contributed by atoms with Crippen LogP contribution in [-0.2, 0) is 0 Å². The summed E-state index contributed by atoms with van der Waals surface area (Å²) in [5.74, 6) is 0. The molecule has 4 heteroatoms. The predicted molar refractivity (Wildman–Crippen MR) is 72.3 cm³/mol. The van der Waals surface area contributed by atoms with Crippen molar-refractivity contribution in [2.45, 2.75) is 32.7 Å². The molecule has 1 saturated heterocycles. The first-order chi connectivity index (χ1) is 8.13. The molecule has 0 spiro atoms. The third-order valence-corrected chi connectivity index (χ3v) is 3.84. The van der Waals surface area contributed by atoms with Crippen LogP contribution in [0.1, 0.15) is 27.2 Å². The highest BCUT2D eigenvalue weighted by Crippen LogP contribution is 2.11. The van der Waals surface area contributed by atoms with Crippen LogP contribution in [0.5, 0.6) is 0 Å². The number of rotatable bonds is 7. The summed E-state index contributed by atoms with van der Waals surface area (Å²) in [6.07, 6.45) is 1.02. The third-order valence-electron chi connectivity index (χ3n) is 3.84. The normalized spacial score (nSPS) is 22.6. The summed E-state index contributed by atoms with van der Waals surface area (Å²) in [5, 5.41) is 12.8. The van der Waals surface area contributed by atoms with Gasteiger partial charge in [-0.25, -0.2) is 0 Å². The van der Waals surface area contributed by atoms with Crippen molar-refractivity contribution in [2.24, 2.45) is 0 Å². The summed E-state index contributed by atoms with van der Waals surface area (Å²) in [4.78, 5) is 5.00. The van der Waals surface area contributed by atoms with Crippen LogP contribution in [0.4, 0.5) is 0 Å². The largest absolute Gasteiger partial charge is 0.394 e. The molecule has 0 aliphatic carbocycles. The summed E-state index contributed by atoms with van der Waals surface area (Å²) in [7, 11) is 0. The summed E-state index contributed by atoms with van der Waals surface area (Å²) in [5.41, 5.74) is -0.114.